The lowest BCUT2D eigenvalue weighted by molar-refractivity contribution is 0.570. The van der Waals surface area contributed by atoms with Crippen LogP contribution in [0.25, 0.3) is 0 Å². The zero-order chi connectivity index (χ0) is 8.48. The van der Waals surface area contributed by atoms with E-state index >= 15 is 0 Å². The number of aromatic nitrogens is 3. The average molecular weight is 176 g/mol. The van der Waals surface area contributed by atoms with Crippen LogP contribution in [0.5, 0.6) is 0 Å². The van der Waals surface area contributed by atoms with Crippen molar-refractivity contribution in [2.24, 2.45) is 5.14 Å². The molecule has 62 valence electrons. The van der Waals surface area contributed by atoms with Crippen LogP contribution in [0.2, 0.25) is 0 Å². The first-order valence-corrected chi connectivity index (χ1v) is 4.51. The van der Waals surface area contributed by atoms with Gasteiger partial charge < -0.3 is 4.57 Å². The lowest BCUT2D eigenvalue weighted by Crippen LogP contribution is -2.17. The van der Waals surface area contributed by atoms with E-state index in [0.29, 0.717) is 6.54 Å². The smallest absolute Gasteiger partial charge is 0.273 e. The molecule has 2 N–H and O–H groups in total. The number of primary sulfonamides is 1. The Labute approximate surface area is 64.1 Å². The highest BCUT2D eigenvalue weighted by Crippen LogP contribution is 1.99. The highest BCUT2D eigenvalue weighted by Gasteiger charge is 2.14. The maximum atomic E-state index is 10.7. The third-order valence-corrected chi connectivity index (χ3v) is 2.00. The molecule has 1 rings (SSSR count). The predicted molar refractivity (Wildman–Crippen MR) is 37.1 cm³/mol. The van der Waals surface area contributed by atoms with Crippen LogP contribution in [0.1, 0.15) is 6.92 Å². The summed E-state index contributed by atoms with van der Waals surface area (Å²) in [5, 5.41) is 11.4. The molecule has 0 bridgehead atoms. The summed E-state index contributed by atoms with van der Waals surface area (Å²) < 4.78 is 22.8. The lowest BCUT2D eigenvalue weighted by Gasteiger charge is -1.97. The summed E-state index contributed by atoms with van der Waals surface area (Å²) in [5.74, 6) is 0. The maximum Gasteiger partial charge on any atom is 0.273 e. The van der Waals surface area contributed by atoms with Gasteiger partial charge in [-0.2, -0.15) is 0 Å². The Balaban J connectivity index is 3.24. The molecule has 1 aromatic heterocycles. The van der Waals surface area contributed by atoms with Gasteiger partial charge in [-0.3, -0.25) is 0 Å². The molecule has 1 aromatic rings. The quantitative estimate of drug-likeness (QED) is 0.622. The highest BCUT2D eigenvalue weighted by atomic mass is 32.2. The molecule has 0 aromatic carbocycles. The Morgan fingerprint density at radius 1 is 1.73 bits per heavy atom. The second-order valence-corrected chi connectivity index (χ2v) is 3.40. The summed E-state index contributed by atoms with van der Waals surface area (Å²) in [6.07, 6.45) is 1.32. The Bertz CT molecular complexity index is 341. The second-order valence-electron chi connectivity index (χ2n) is 1.94. The van der Waals surface area contributed by atoms with Gasteiger partial charge >= 0.3 is 0 Å². The molecule has 0 aliphatic heterocycles. The Kier molecular flexibility index (Phi) is 1.92. The molecule has 0 amide bonds. The van der Waals surface area contributed by atoms with Crippen molar-refractivity contribution in [2.45, 2.75) is 18.6 Å². The normalized spacial score (nSPS) is 11.8. The van der Waals surface area contributed by atoms with Crippen LogP contribution in [0, 0.1) is 0 Å². The molecule has 0 saturated heterocycles. The summed E-state index contributed by atoms with van der Waals surface area (Å²) in [5.41, 5.74) is 0. The third-order valence-electron chi connectivity index (χ3n) is 1.18. The van der Waals surface area contributed by atoms with Crippen molar-refractivity contribution in [1.82, 2.24) is 14.8 Å². The van der Waals surface area contributed by atoms with Crippen molar-refractivity contribution in [1.29, 1.82) is 0 Å². The van der Waals surface area contributed by atoms with Gasteiger partial charge in [-0.15, -0.1) is 10.2 Å². The van der Waals surface area contributed by atoms with Crippen molar-refractivity contribution >= 4 is 10.0 Å². The van der Waals surface area contributed by atoms with E-state index in [0.717, 1.165) is 0 Å². The summed E-state index contributed by atoms with van der Waals surface area (Å²) in [6.45, 7) is 2.26. The topological polar surface area (TPSA) is 90.9 Å². The van der Waals surface area contributed by atoms with Crippen molar-refractivity contribution in [3.63, 3.8) is 0 Å². The van der Waals surface area contributed by atoms with E-state index in [-0.39, 0.29) is 5.16 Å². The highest BCUT2D eigenvalue weighted by molar-refractivity contribution is 7.89. The average Bonchev–Trinajstić information content (AvgIpc) is 2.31. The van der Waals surface area contributed by atoms with E-state index in [9.17, 15) is 8.42 Å². The Hall–Kier alpha value is -0.950. The molecule has 0 radical (unpaired) electrons. The van der Waals surface area contributed by atoms with Gasteiger partial charge in [-0.05, 0) is 6.92 Å². The van der Waals surface area contributed by atoms with E-state index < -0.39 is 10.0 Å². The fourth-order valence-electron chi connectivity index (χ4n) is 0.682. The van der Waals surface area contributed by atoms with Crippen molar-refractivity contribution in [2.75, 3.05) is 0 Å². The molecule has 7 heteroatoms. The van der Waals surface area contributed by atoms with Crippen LogP contribution in [-0.4, -0.2) is 23.2 Å². The van der Waals surface area contributed by atoms with E-state index in [4.69, 9.17) is 5.14 Å². The van der Waals surface area contributed by atoms with Crippen LogP contribution in [-0.2, 0) is 16.6 Å². The SMILES string of the molecule is CCn1cnnc1S(N)(=O)=O. The Morgan fingerprint density at radius 2 is 2.36 bits per heavy atom. The maximum absolute atomic E-state index is 10.7. The summed E-state index contributed by atoms with van der Waals surface area (Å²) in [7, 11) is -3.71. The van der Waals surface area contributed by atoms with Crippen LogP contribution in [0.3, 0.4) is 0 Å². The zero-order valence-electron chi connectivity index (χ0n) is 5.93. The van der Waals surface area contributed by atoms with E-state index in [1.807, 2.05) is 0 Å². The van der Waals surface area contributed by atoms with Gasteiger partial charge in [0.1, 0.15) is 6.33 Å². The molecule has 0 aliphatic carbocycles. The first-order valence-electron chi connectivity index (χ1n) is 2.96. The number of hydrogen-bond donors (Lipinski definition) is 1. The largest absolute Gasteiger partial charge is 0.304 e. The van der Waals surface area contributed by atoms with Gasteiger partial charge in [0.15, 0.2) is 0 Å². The van der Waals surface area contributed by atoms with Crippen LogP contribution >= 0.6 is 0 Å². The number of nitrogens with two attached hydrogens (primary N) is 1. The molecule has 6 nitrogen and oxygen atoms in total. The molecular weight excluding hydrogens is 168 g/mol. The third kappa shape index (κ3) is 1.55. The van der Waals surface area contributed by atoms with Crippen LogP contribution in [0.4, 0.5) is 0 Å². The molecule has 0 fully saturated rings. The van der Waals surface area contributed by atoms with Gasteiger partial charge in [-0.1, -0.05) is 0 Å². The monoisotopic (exact) mass is 176 g/mol. The lowest BCUT2D eigenvalue weighted by atomic mass is 10.7. The first kappa shape index (κ1) is 8.15. The number of nitrogens with zero attached hydrogens (tertiary/aromatic N) is 3. The summed E-state index contributed by atoms with van der Waals surface area (Å²) >= 11 is 0. The van der Waals surface area contributed by atoms with Gasteiger partial charge in [0.25, 0.3) is 15.2 Å². The number of rotatable bonds is 2. The van der Waals surface area contributed by atoms with Crippen molar-refractivity contribution in [3.8, 4) is 0 Å². The molecule has 1 heterocycles. The molecule has 0 saturated carbocycles. The number of sulfonamides is 1. The Morgan fingerprint density at radius 3 is 2.73 bits per heavy atom. The molecule has 0 atom stereocenters. The standard InChI is InChI=1S/C4H8N4O2S/c1-2-8-3-6-7-4(8)11(5,9)10/h3H,2H2,1H3,(H2,5,9,10). The molecular formula is C4H8N4O2S. The van der Waals surface area contributed by atoms with E-state index in [1.54, 1.807) is 6.92 Å². The van der Waals surface area contributed by atoms with Crippen LogP contribution < -0.4 is 5.14 Å². The minimum atomic E-state index is -3.71. The van der Waals surface area contributed by atoms with Gasteiger partial charge in [0.2, 0.25) is 0 Å². The minimum absolute atomic E-state index is 0.194. The fourth-order valence-corrected chi connectivity index (χ4v) is 1.35. The predicted octanol–water partition coefficient (Wildman–Crippen LogP) is -1.05. The summed E-state index contributed by atoms with van der Waals surface area (Å²) in [6, 6.07) is 0. The van der Waals surface area contributed by atoms with Gasteiger partial charge in [0, 0.05) is 6.54 Å². The van der Waals surface area contributed by atoms with Gasteiger partial charge in [-0.25, -0.2) is 13.6 Å². The van der Waals surface area contributed by atoms with E-state index in [1.165, 1.54) is 10.9 Å². The van der Waals surface area contributed by atoms with Crippen molar-refractivity contribution < 1.29 is 8.42 Å². The molecule has 11 heavy (non-hydrogen) atoms. The molecule has 0 aliphatic rings. The summed E-state index contributed by atoms with van der Waals surface area (Å²) in [4.78, 5) is 0. The second kappa shape index (κ2) is 2.59. The fraction of sp³-hybridized carbons (Fsp3) is 0.500. The number of aryl methyl sites for hydroxylation is 1. The molecule has 0 spiro atoms. The van der Waals surface area contributed by atoms with Crippen molar-refractivity contribution in [3.05, 3.63) is 6.33 Å². The van der Waals surface area contributed by atoms with Gasteiger partial charge in [0.05, 0.1) is 0 Å². The van der Waals surface area contributed by atoms with Crippen LogP contribution in [0.15, 0.2) is 11.5 Å². The minimum Gasteiger partial charge on any atom is -0.304 e. The number of hydrogen-bond acceptors (Lipinski definition) is 4. The van der Waals surface area contributed by atoms with E-state index in [2.05, 4.69) is 10.2 Å². The first-order chi connectivity index (χ1) is 5.05. The molecule has 0 unspecified atom stereocenters. The zero-order valence-corrected chi connectivity index (χ0v) is 6.74.